The Balaban J connectivity index is 1.88. The van der Waals surface area contributed by atoms with Crippen molar-refractivity contribution in [2.45, 2.75) is 33.0 Å². The number of hydrogen-bond donors (Lipinski definition) is 1. The van der Waals surface area contributed by atoms with Gasteiger partial charge < -0.3 is 9.73 Å². The Morgan fingerprint density at radius 1 is 1.20 bits per heavy atom. The third kappa shape index (κ3) is 4.47. The van der Waals surface area contributed by atoms with Gasteiger partial charge >= 0.3 is 0 Å². The molecule has 4 heteroatoms. The Morgan fingerprint density at radius 3 is 2.75 bits per heavy atom. The van der Waals surface area contributed by atoms with E-state index in [-0.39, 0.29) is 0 Å². The van der Waals surface area contributed by atoms with Crippen LogP contribution in [0.2, 0.25) is 0 Å². The minimum Gasteiger partial charge on any atom is -0.468 e. The first kappa shape index (κ1) is 14.8. The topological polar surface area (TPSA) is 41.3 Å². The number of rotatable bonds is 8. The van der Waals surface area contributed by atoms with Crippen molar-refractivity contribution in [3.8, 4) is 0 Å². The third-order valence-corrected chi connectivity index (χ3v) is 3.19. The van der Waals surface area contributed by atoms with Crippen LogP contribution in [0.4, 0.5) is 0 Å². The minimum atomic E-state index is 0.805. The Morgan fingerprint density at radius 2 is 2.00 bits per heavy atom. The Labute approximate surface area is 120 Å². The van der Waals surface area contributed by atoms with Crippen LogP contribution < -0.4 is 5.32 Å². The van der Waals surface area contributed by atoms with E-state index in [0.717, 1.165) is 38.4 Å². The lowest BCUT2D eigenvalue weighted by atomic mass is 10.2. The number of nitrogens with zero attached hydrogens (tertiary/aromatic N) is 2. The van der Waals surface area contributed by atoms with Gasteiger partial charge in [-0.1, -0.05) is 6.92 Å². The first-order valence-corrected chi connectivity index (χ1v) is 7.13. The maximum absolute atomic E-state index is 5.56. The van der Waals surface area contributed by atoms with Crippen LogP contribution in [0.15, 0.2) is 41.3 Å². The van der Waals surface area contributed by atoms with Gasteiger partial charge in [-0.25, -0.2) is 0 Å². The number of aromatic nitrogens is 1. The molecule has 4 nitrogen and oxygen atoms in total. The molecule has 20 heavy (non-hydrogen) atoms. The van der Waals surface area contributed by atoms with E-state index in [4.69, 9.17) is 4.42 Å². The molecule has 0 aromatic carbocycles. The molecule has 2 heterocycles. The Kier molecular flexibility index (Phi) is 5.77. The number of pyridine rings is 1. The van der Waals surface area contributed by atoms with Crippen molar-refractivity contribution < 1.29 is 4.42 Å². The summed E-state index contributed by atoms with van der Waals surface area (Å²) in [6.45, 7) is 5.79. The molecule has 0 bridgehead atoms. The number of furan rings is 1. The average molecular weight is 273 g/mol. The highest BCUT2D eigenvalue weighted by atomic mass is 16.3. The summed E-state index contributed by atoms with van der Waals surface area (Å²) >= 11 is 0. The molecule has 108 valence electrons. The Bertz CT molecular complexity index is 495. The molecule has 2 aromatic rings. The highest BCUT2D eigenvalue weighted by Crippen LogP contribution is 2.14. The Hall–Kier alpha value is -1.65. The van der Waals surface area contributed by atoms with E-state index < -0.39 is 0 Å². The molecule has 0 spiro atoms. The van der Waals surface area contributed by atoms with E-state index in [1.807, 2.05) is 12.4 Å². The zero-order chi connectivity index (χ0) is 14.2. The SMILES string of the molecule is CCCNCc1occc1CN(C)Cc1ccncc1. The van der Waals surface area contributed by atoms with Crippen LogP contribution in [0.25, 0.3) is 0 Å². The zero-order valence-corrected chi connectivity index (χ0v) is 12.3. The van der Waals surface area contributed by atoms with Gasteiger partial charge in [-0.05, 0) is 43.8 Å². The van der Waals surface area contributed by atoms with Gasteiger partial charge in [-0.15, -0.1) is 0 Å². The largest absolute Gasteiger partial charge is 0.468 e. The molecule has 1 N–H and O–H groups in total. The van der Waals surface area contributed by atoms with Crippen molar-refractivity contribution in [1.82, 2.24) is 15.2 Å². The summed E-state index contributed by atoms with van der Waals surface area (Å²) in [5.74, 6) is 1.04. The molecule has 0 amide bonds. The van der Waals surface area contributed by atoms with E-state index in [1.165, 1.54) is 11.1 Å². The quantitative estimate of drug-likeness (QED) is 0.751. The van der Waals surface area contributed by atoms with Crippen molar-refractivity contribution in [3.05, 3.63) is 53.7 Å². The fourth-order valence-corrected chi connectivity index (χ4v) is 2.19. The van der Waals surface area contributed by atoms with Crippen LogP contribution in [-0.2, 0) is 19.6 Å². The average Bonchev–Trinajstić information content (AvgIpc) is 2.87. The molecule has 0 unspecified atom stereocenters. The molecule has 0 aliphatic carbocycles. The maximum Gasteiger partial charge on any atom is 0.122 e. The van der Waals surface area contributed by atoms with Gasteiger partial charge in [0.15, 0.2) is 0 Å². The molecule has 0 aliphatic rings. The van der Waals surface area contributed by atoms with E-state index in [2.05, 4.69) is 47.4 Å². The molecule has 2 rings (SSSR count). The van der Waals surface area contributed by atoms with Crippen molar-refractivity contribution in [3.63, 3.8) is 0 Å². The second-order valence-corrected chi connectivity index (χ2v) is 5.07. The lowest BCUT2D eigenvalue weighted by molar-refractivity contribution is 0.314. The van der Waals surface area contributed by atoms with Gasteiger partial charge in [0, 0.05) is 31.0 Å². The predicted octanol–water partition coefficient (Wildman–Crippen LogP) is 2.81. The van der Waals surface area contributed by atoms with E-state index in [1.54, 1.807) is 6.26 Å². The molecule has 0 radical (unpaired) electrons. The maximum atomic E-state index is 5.56. The molecule has 0 saturated heterocycles. The van der Waals surface area contributed by atoms with Crippen LogP contribution in [-0.4, -0.2) is 23.5 Å². The summed E-state index contributed by atoms with van der Waals surface area (Å²) in [6.07, 6.45) is 6.58. The van der Waals surface area contributed by atoms with E-state index in [0.29, 0.717) is 0 Å². The predicted molar refractivity (Wildman–Crippen MR) is 80.1 cm³/mol. The molecule has 0 saturated carbocycles. The first-order chi connectivity index (χ1) is 9.79. The number of hydrogen-bond acceptors (Lipinski definition) is 4. The van der Waals surface area contributed by atoms with Crippen molar-refractivity contribution in [1.29, 1.82) is 0 Å². The minimum absolute atomic E-state index is 0.805. The second-order valence-electron chi connectivity index (χ2n) is 5.07. The third-order valence-electron chi connectivity index (χ3n) is 3.19. The van der Waals surface area contributed by atoms with Crippen LogP contribution in [0.3, 0.4) is 0 Å². The normalized spacial score (nSPS) is 11.2. The second kappa shape index (κ2) is 7.82. The van der Waals surface area contributed by atoms with E-state index in [9.17, 15) is 0 Å². The van der Waals surface area contributed by atoms with Gasteiger partial charge in [0.2, 0.25) is 0 Å². The van der Waals surface area contributed by atoms with Crippen LogP contribution in [0.1, 0.15) is 30.2 Å². The summed E-state index contributed by atoms with van der Waals surface area (Å²) in [5, 5.41) is 3.38. The molecule has 0 atom stereocenters. The first-order valence-electron chi connectivity index (χ1n) is 7.13. The van der Waals surface area contributed by atoms with Gasteiger partial charge in [-0.3, -0.25) is 9.88 Å². The van der Waals surface area contributed by atoms with Crippen LogP contribution in [0.5, 0.6) is 0 Å². The highest BCUT2D eigenvalue weighted by molar-refractivity contribution is 5.17. The standard InChI is InChI=1S/C16H23N3O/c1-3-7-18-11-16-15(6-10-20-16)13-19(2)12-14-4-8-17-9-5-14/h4-6,8-10,18H,3,7,11-13H2,1-2H3. The smallest absolute Gasteiger partial charge is 0.122 e. The monoisotopic (exact) mass is 273 g/mol. The van der Waals surface area contributed by atoms with Crippen LogP contribution >= 0.6 is 0 Å². The summed E-state index contributed by atoms with van der Waals surface area (Å²) in [4.78, 5) is 6.32. The fourth-order valence-electron chi connectivity index (χ4n) is 2.19. The zero-order valence-electron chi connectivity index (χ0n) is 12.3. The summed E-state index contributed by atoms with van der Waals surface area (Å²) in [7, 11) is 2.12. The lowest BCUT2D eigenvalue weighted by Gasteiger charge is -2.16. The van der Waals surface area contributed by atoms with Crippen molar-refractivity contribution >= 4 is 0 Å². The van der Waals surface area contributed by atoms with Gasteiger partial charge in [-0.2, -0.15) is 0 Å². The fraction of sp³-hybridized carbons (Fsp3) is 0.438. The van der Waals surface area contributed by atoms with Crippen molar-refractivity contribution in [2.75, 3.05) is 13.6 Å². The summed E-state index contributed by atoms with van der Waals surface area (Å²) in [5.41, 5.74) is 2.53. The van der Waals surface area contributed by atoms with E-state index >= 15 is 0 Å². The summed E-state index contributed by atoms with van der Waals surface area (Å²) in [6, 6.07) is 6.16. The summed E-state index contributed by atoms with van der Waals surface area (Å²) < 4.78 is 5.56. The lowest BCUT2D eigenvalue weighted by Crippen LogP contribution is -2.19. The van der Waals surface area contributed by atoms with Crippen molar-refractivity contribution in [2.24, 2.45) is 0 Å². The highest BCUT2D eigenvalue weighted by Gasteiger charge is 2.09. The molecular weight excluding hydrogens is 250 g/mol. The van der Waals surface area contributed by atoms with Crippen LogP contribution in [0, 0.1) is 0 Å². The molecule has 2 aromatic heterocycles. The molecule has 0 fully saturated rings. The van der Waals surface area contributed by atoms with Gasteiger partial charge in [0.25, 0.3) is 0 Å². The van der Waals surface area contributed by atoms with Gasteiger partial charge in [0.05, 0.1) is 12.8 Å². The van der Waals surface area contributed by atoms with Gasteiger partial charge in [0.1, 0.15) is 5.76 Å². The number of nitrogens with one attached hydrogen (secondary N) is 1. The molecule has 0 aliphatic heterocycles. The molecular formula is C16H23N3O.